The van der Waals surface area contributed by atoms with Gasteiger partial charge in [0, 0.05) is 5.56 Å². The highest BCUT2D eigenvalue weighted by molar-refractivity contribution is 5.99. The largest absolute Gasteiger partial charge is 0.385 e. The summed E-state index contributed by atoms with van der Waals surface area (Å²) in [6.07, 6.45) is -1.08. The maximum atomic E-state index is 13.0. The monoisotopic (exact) mass is 182 g/mol. The van der Waals surface area contributed by atoms with Crippen molar-refractivity contribution in [2.24, 2.45) is 0 Å². The molecule has 1 unspecified atom stereocenters. The molecule has 0 aliphatic rings. The van der Waals surface area contributed by atoms with Crippen molar-refractivity contribution in [2.75, 3.05) is 0 Å². The van der Waals surface area contributed by atoms with E-state index in [2.05, 4.69) is 0 Å². The average molecular weight is 182 g/mol. The number of carbonyl (C=O) groups is 1. The van der Waals surface area contributed by atoms with Gasteiger partial charge in [0.25, 0.3) is 0 Å². The molecule has 0 saturated carbocycles. The van der Waals surface area contributed by atoms with Crippen molar-refractivity contribution < 1.29 is 14.3 Å². The number of aryl methyl sites for hydroxylation is 1. The molecule has 1 atom stereocenters. The molecule has 0 aliphatic carbocycles. The van der Waals surface area contributed by atoms with Crippen molar-refractivity contribution in [1.29, 1.82) is 0 Å². The Hall–Kier alpha value is -1.22. The third-order valence-electron chi connectivity index (χ3n) is 1.84. The fourth-order valence-electron chi connectivity index (χ4n) is 0.987. The molecule has 0 fully saturated rings. The zero-order valence-corrected chi connectivity index (χ0v) is 7.54. The molecule has 3 heteroatoms. The van der Waals surface area contributed by atoms with Gasteiger partial charge < -0.3 is 5.11 Å². The predicted molar refractivity (Wildman–Crippen MR) is 47.1 cm³/mol. The quantitative estimate of drug-likeness (QED) is 0.707. The lowest BCUT2D eigenvalue weighted by Gasteiger charge is -2.04. The van der Waals surface area contributed by atoms with Gasteiger partial charge in [-0.1, -0.05) is 12.1 Å². The fourth-order valence-corrected chi connectivity index (χ4v) is 0.987. The van der Waals surface area contributed by atoms with E-state index < -0.39 is 17.7 Å². The van der Waals surface area contributed by atoms with Gasteiger partial charge in [-0.25, -0.2) is 4.39 Å². The van der Waals surface area contributed by atoms with Crippen LogP contribution < -0.4 is 0 Å². The van der Waals surface area contributed by atoms with Crippen LogP contribution in [0.2, 0.25) is 0 Å². The topological polar surface area (TPSA) is 37.3 Å². The fraction of sp³-hybridized carbons (Fsp3) is 0.300. The molecule has 13 heavy (non-hydrogen) atoms. The molecule has 0 heterocycles. The number of halogens is 1. The highest BCUT2D eigenvalue weighted by Gasteiger charge is 2.12. The van der Waals surface area contributed by atoms with Crippen LogP contribution in [0.4, 0.5) is 4.39 Å². The predicted octanol–water partition coefficient (Wildman–Crippen LogP) is 1.70. The second-order valence-electron chi connectivity index (χ2n) is 3.00. The molecular weight excluding hydrogens is 171 g/mol. The minimum absolute atomic E-state index is 0.207. The summed E-state index contributed by atoms with van der Waals surface area (Å²) >= 11 is 0. The average Bonchev–Trinajstić information content (AvgIpc) is 2.08. The van der Waals surface area contributed by atoms with Crippen LogP contribution in [0.1, 0.15) is 22.8 Å². The first-order chi connectivity index (χ1) is 6.02. The van der Waals surface area contributed by atoms with Gasteiger partial charge in [0.1, 0.15) is 11.9 Å². The molecule has 0 spiro atoms. The van der Waals surface area contributed by atoms with E-state index in [1.807, 2.05) is 0 Å². The van der Waals surface area contributed by atoms with Crippen molar-refractivity contribution in [1.82, 2.24) is 0 Å². The Bertz CT molecular complexity index is 332. The molecule has 0 radical (unpaired) electrons. The molecule has 1 aromatic rings. The van der Waals surface area contributed by atoms with Crippen molar-refractivity contribution in [3.63, 3.8) is 0 Å². The maximum Gasteiger partial charge on any atom is 0.191 e. The first kappa shape index (κ1) is 9.86. The summed E-state index contributed by atoms with van der Waals surface area (Å²) in [5.41, 5.74) is 0.695. The van der Waals surface area contributed by atoms with E-state index in [1.54, 1.807) is 6.92 Å². The van der Waals surface area contributed by atoms with Crippen LogP contribution in [-0.4, -0.2) is 17.0 Å². The van der Waals surface area contributed by atoms with Gasteiger partial charge >= 0.3 is 0 Å². The number of Topliss-reactive ketones (excluding diaryl/α,β-unsaturated/α-hetero) is 1. The zero-order chi connectivity index (χ0) is 10.0. The van der Waals surface area contributed by atoms with E-state index in [-0.39, 0.29) is 5.56 Å². The number of ketones is 1. The lowest BCUT2D eigenvalue weighted by atomic mass is 10.1. The summed E-state index contributed by atoms with van der Waals surface area (Å²) in [4.78, 5) is 11.2. The van der Waals surface area contributed by atoms with Crippen molar-refractivity contribution in [3.8, 4) is 0 Å². The molecule has 0 amide bonds. The molecule has 0 aromatic heterocycles. The van der Waals surface area contributed by atoms with Crippen LogP contribution in [0.25, 0.3) is 0 Å². The van der Waals surface area contributed by atoms with E-state index in [0.717, 1.165) is 6.07 Å². The Morgan fingerprint density at radius 2 is 2.15 bits per heavy atom. The third kappa shape index (κ3) is 2.12. The van der Waals surface area contributed by atoms with Gasteiger partial charge in [0.05, 0.1) is 0 Å². The lowest BCUT2D eigenvalue weighted by Crippen LogP contribution is -2.16. The van der Waals surface area contributed by atoms with Gasteiger partial charge in [-0.15, -0.1) is 0 Å². The second kappa shape index (κ2) is 3.66. The first-order valence-electron chi connectivity index (χ1n) is 4.01. The van der Waals surface area contributed by atoms with E-state index in [1.165, 1.54) is 19.1 Å². The van der Waals surface area contributed by atoms with E-state index in [4.69, 9.17) is 5.11 Å². The van der Waals surface area contributed by atoms with Gasteiger partial charge in [-0.3, -0.25) is 4.79 Å². The smallest absolute Gasteiger partial charge is 0.191 e. The van der Waals surface area contributed by atoms with Crippen LogP contribution in [0.15, 0.2) is 18.2 Å². The minimum Gasteiger partial charge on any atom is -0.385 e. The van der Waals surface area contributed by atoms with Crippen LogP contribution in [-0.2, 0) is 0 Å². The van der Waals surface area contributed by atoms with Gasteiger partial charge in [0.2, 0.25) is 0 Å². The molecule has 0 aliphatic heterocycles. The molecule has 1 aromatic carbocycles. The number of hydrogen-bond acceptors (Lipinski definition) is 2. The third-order valence-corrected chi connectivity index (χ3v) is 1.84. The van der Waals surface area contributed by atoms with E-state index in [9.17, 15) is 9.18 Å². The van der Waals surface area contributed by atoms with Crippen LogP contribution in [0, 0.1) is 12.7 Å². The summed E-state index contributed by atoms with van der Waals surface area (Å²) in [5.74, 6) is -0.884. The Kier molecular flexibility index (Phi) is 2.78. The minimum atomic E-state index is -1.08. The number of aliphatic hydroxyl groups excluding tert-OH is 1. The summed E-state index contributed by atoms with van der Waals surface area (Å²) in [5, 5.41) is 8.96. The molecule has 1 rings (SSSR count). The van der Waals surface area contributed by atoms with Crippen molar-refractivity contribution in [3.05, 3.63) is 35.1 Å². The summed E-state index contributed by atoms with van der Waals surface area (Å²) in [6.45, 7) is 2.98. The Labute approximate surface area is 76.0 Å². The number of rotatable bonds is 2. The normalized spacial score (nSPS) is 12.6. The van der Waals surface area contributed by atoms with Crippen LogP contribution in [0.5, 0.6) is 0 Å². The molecule has 0 saturated heterocycles. The Morgan fingerprint density at radius 3 is 2.62 bits per heavy atom. The van der Waals surface area contributed by atoms with Gasteiger partial charge in [-0.2, -0.15) is 0 Å². The molecule has 70 valence electrons. The Morgan fingerprint density at radius 1 is 1.54 bits per heavy atom. The van der Waals surface area contributed by atoms with Gasteiger partial charge in [0.15, 0.2) is 5.78 Å². The van der Waals surface area contributed by atoms with E-state index >= 15 is 0 Å². The van der Waals surface area contributed by atoms with Crippen molar-refractivity contribution >= 4 is 5.78 Å². The summed E-state index contributed by atoms with van der Waals surface area (Å²) in [6, 6.07) is 4.17. The highest BCUT2D eigenvalue weighted by Crippen LogP contribution is 2.10. The standard InChI is InChI=1S/C10H11FO2/c1-6-3-4-8(5-9(6)11)10(13)7(2)12/h3-5,7,12H,1-2H3. The summed E-state index contributed by atoms with van der Waals surface area (Å²) < 4.78 is 13.0. The summed E-state index contributed by atoms with van der Waals surface area (Å²) in [7, 11) is 0. The number of aliphatic hydroxyl groups is 1. The number of carbonyl (C=O) groups excluding carboxylic acids is 1. The SMILES string of the molecule is Cc1ccc(C(=O)C(C)O)cc1F. The van der Waals surface area contributed by atoms with Gasteiger partial charge in [-0.05, 0) is 25.5 Å². The second-order valence-corrected chi connectivity index (χ2v) is 3.00. The molecule has 2 nitrogen and oxygen atoms in total. The van der Waals surface area contributed by atoms with Crippen LogP contribution in [0.3, 0.4) is 0 Å². The number of hydrogen-bond donors (Lipinski definition) is 1. The Balaban J connectivity index is 3.04. The highest BCUT2D eigenvalue weighted by atomic mass is 19.1. The van der Waals surface area contributed by atoms with E-state index in [0.29, 0.717) is 5.56 Å². The zero-order valence-electron chi connectivity index (χ0n) is 7.54. The lowest BCUT2D eigenvalue weighted by molar-refractivity contribution is 0.0779. The first-order valence-corrected chi connectivity index (χ1v) is 4.01. The number of benzene rings is 1. The molecular formula is C10H11FO2. The van der Waals surface area contributed by atoms with Crippen LogP contribution >= 0.6 is 0 Å². The van der Waals surface area contributed by atoms with Crippen molar-refractivity contribution in [2.45, 2.75) is 20.0 Å². The molecule has 1 N–H and O–H groups in total. The maximum absolute atomic E-state index is 13.0. The molecule has 0 bridgehead atoms.